The monoisotopic (exact) mass is 416 g/mol. The summed E-state index contributed by atoms with van der Waals surface area (Å²) in [4.78, 5) is 10.4. The molecule has 0 radical (unpaired) electrons. The highest BCUT2D eigenvalue weighted by Gasteiger charge is 2.35. The molecule has 0 amide bonds. The maximum absolute atomic E-state index is 13.3. The zero-order valence-electron chi connectivity index (χ0n) is 16.4. The average Bonchev–Trinajstić information content (AvgIpc) is 2.77. The van der Waals surface area contributed by atoms with Gasteiger partial charge in [-0.2, -0.15) is 13.2 Å². The molecule has 1 atom stereocenters. The smallest absolute Gasteiger partial charge is 0.387 e. The zero-order valence-corrected chi connectivity index (χ0v) is 16.4. The molecule has 1 aromatic heterocycles. The lowest BCUT2D eigenvalue weighted by Gasteiger charge is -2.31. The summed E-state index contributed by atoms with van der Waals surface area (Å²) in [7, 11) is 0. The van der Waals surface area contributed by atoms with Gasteiger partial charge in [-0.15, -0.1) is 0 Å². The number of hydrogen-bond acceptors (Lipinski definition) is 5. The van der Waals surface area contributed by atoms with Crippen molar-refractivity contribution in [1.29, 1.82) is 0 Å². The van der Waals surface area contributed by atoms with E-state index in [1.807, 2.05) is 23.1 Å². The molecule has 158 valence electrons. The van der Waals surface area contributed by atoms with Gasteiger partial charge in [-0.3, -0.25) is 0 Å². The molecule has 2 N–H and O–H groups in total. The molecule has 5 nitrogen and oxygen atoms in total. The standard InChI is InChI=1S/C22H23F3N4O/c23-22(24,25)18-8-4-7-16-13-29(10-9-17(16)18)21-11-20(27-14-28-21)26-12-19(30)15-5-2-1-3-6-15/h2,4-8,11,14,19,30H,1,3,9-10,12-13H2,(H,26,27,28). The van der Waals surface area contributed by atoms with Crippen LogP contribution in [0.3, 0.4) is 0 Å². The fourth-order valence-electron chi connectivity index (χ4n) is 3.89. The highest BCUT2D eigenvalue weighted by molar-refractivity contribution is 5.52. The SMILES string of the molecule is OC(CNc1cc(N2CCc3c(cccc3C(F)(F)F)C2)ncn1)C1=CCCC=C1. The third-order valence-electron chi connectivity index (χ3n) is 5.43. The second kappa shape index (κ2) is 8.47. The molecule has 2 aliphatic rings. The van der Waals surface area contributed by atoms with Crippen molar-refractivity contribution in [2.45, 2.75) is 38.1 Å². The Labute approximate surface area is 173 Å². The van der Waals surface area contributed by atoms with Crippen molar-refractivity contribution in [3.8, 4) is 0 Å². The number of nitrogens with zero attached hydrogens (tertiary/aromatic N) is 3. The van der Waals surface area contributed by atoms with Crippen LogP contribution in [0.4, 0.5) is 24.8 Å². The number of anilines is 2. The Balaban J connectivity index is 1.45. The van der Waals surface area contributed by atoms with Crippen molar-refractivity contribution in [3.05, 3.63) is 71.1 Å². The first-order chi connectivity index (χ1) is 14.4. The van der Waals surface area contributed by atoms with E-state index in [0.29, 0.717) is 48.8 Å². The molecule has 1 aliphatic carbocycles. The second-order valence-corrected chi connectivity index (χ2v) is 7.45. The molecule has 0 saturated carbocycles. The van der Waals surface area contributed by atoms with Gasteiger partial charge in [0.05, 0.1) is 11.7 Å². The van der Waals surface area contributed by atoms with Crippen molar-refractivity contribution < 1.29 is 18.3 Å². The fraction of sp³-hybridized carbons (Fsp3) is 0.364. The minimum Gasteiger partial charge on any atom is -0.387 e. The molecule has 0 fully saturated rings. The maximum atomic E-state index is 13.3. The third-order valence-corrected chi connectivity index (χ3v) is 5.43. The predicted molar refractivity (Wildman–Crippen MR) is 109 cm³/mol. The Morgan fingerprint density at radius 3 is 2.83 bits per heavy atom. The summed E-state index contributed by atoms with van der Waals surface area (Å²) in [5.41, 5.74) is 1.36. The van der Waals surface area contributed by atoms with Gasteiger partial charge in [-0.05, 0) is 42.0 Å². The number of aromatic nitrogens is 2. The van der Waals surface area contributed by atoms with E-state index in [4.69, 9.17) is 0 Å². The van der Waals surface area contributed by atoms with Gasteiger partial charge >= 0.3 is 6.18 Å². The lowest BCUT2D eigenvalue weighted by atomic mass is 9.94. The van der Waals surface area contributed by atoms with Gasteiger partial charge in [0.2, 0.25) is 0 Å². The molecule has 30 heavy (non-hydrogen) atoms. The highest BCUT2D eigenvalue weighted by atomic mass is 19.4. The Kier molecular flexibility index (Phi) is 5.76. The lowest BCUT2D eigenvalue weighted by Crippen LogP contribution is -2.32. The number of aliphatic hydroxyl groups is 1. The van der Waals surface area contributed by atoms with Crippen LogP contribution in [0.5, 0.6) is 0 Å². The Hall–Kier alpha value is -2.87. The number of alkyl halides is 3. The summed E-state index contributed by atoms with van der Waals surface area (Å²) < 4.78 is 39.8. The number of benzene rings is 1. The maximum Gasteiger partial charge on any atom is 0.416 e. The molecule has 1 aromatic carbocycles. The zero-order chi connectivity index (χ0) is 21.1. The molecule has 0 spiro atoms. The molecule has 8 heteroatoms. The first kappa shape index (κ1) is 20.4. The van der Waals surface area contributed by atoms with E-state index in [9.17, 15) is 18.3 Å². The number of hydrogen-bond donors (Lipinski definition) is 2. The van der Waals surface area contributed by atoms with E-state index in [1.165, 1.54) is 12.4 Å². The van der Waals surface area contributed by atoms with Crippen molar-refractivity contribution in [3.63, 3.8) is 0 Å². The third kappa shape index (κ3) is 4.48. The Bertz CT molecular complexity index is 971. The van der Waals surface area contributed by atoms with Gasteiger partial charge in [0.15, 0.2) is 0 Å². The summed E-state index contributed by atoms with van der Waals surface area (Å²) >= 11 is 0. The summed E-state index contributed by atoms with van der Waals surface area (Å²) in [6.07, 6.45) is 4.66. The van der Waals surface area contributed by atoms with Crippen molar-refractivity contribution in [2.24, 2.45) is 0 Å². The number of aliphatic hydroxyl groups excluding tert-OH is 1. The quantitative estimate of drug-likeness (QED) is 0.768. The summed E-state index contributed by atoms with van der Waals surface area (Å²) in [5, 5.41) is 13.4. The van der Waals surface area contributed by atoms with Gasteiger partial charge in [-0.25, -0.2) is 9.97 Å². The van der Waals surface area contributed by atoms with Gasteiger partial charge < -0.3 is 15.3 Å². The van der Waals surface area contributed by atoms with E-state index < -0.39 is 17.8 Å². The summed E-state index contributed by atoms with van der Waals surface area (Å²) in [6.45, 7) is 1.11. The molecular formula is C22H23F3N4O. The van der Waals surface area contributed by atoms with E-state index in [2.05, 4.69) is 15.3 Å². The number of halogens is 3. The molecule has 0 bridgehead atoms. The minimum atomic E-state index is -4.34. The fourth-order valence-corrected chi connectivity index (χ4v) is 3.89. The second-order valence-electron chi connectivity index (χ2n) is 7.45. The van der Waals surface area contributed by atoms with Crippen molar-refractivity contribution >= 4 is 11.6 Å². The van der Waals surface area contributed by atoms with Crippen LogP contribution in [0.25, 0.3) is 0 Å². The van der Waals surface area contributed by atoms with E-state index in [-0.39, 0.29) is 0 Å². The van der Waals surface area contributed by atoms with Crippen molar-refractivity contribution in [2.75, 3.05) is 23.3 Å². The summed E-state index contributed by atoms with van der Waals surface area (Å²) in [5.74, 6) is 1.20. The van der Waals surface area contributed by atoms with E-state index in [0.717, 1.165) is 24.5 Å². The molecule has 1 aliphatic heterocycles. The topological polar surface area (TPSA) is 61.3 Å². The number of rotatable bonds is 5. The Morgan fingerprint density at radius 2 is 2.07 bits per heavy atom. The normalized spacial score (nSPS) is 17.3. The van der Waals surface area contributed by atoms with Crippen LogP contribution in [-0.2, 0) is 19.1 Å². The molecule has 0 saturated heterocycles. The first-order valence-corrected chi connectivity index (χ1v) is 9.95. The van der Waals surface area contributed by atoms with Gasteiger partial charge in [-0.1, -0.05) is 30.4 Å². The average molecular weight is 416 g/mol. The summed E-state index contributed by atoms with van der Waals surface area (Å²) in [6, 6.07) is 6.09. The Morgan fingerprint density at radius 1 is 1.20 bits per heavy atom. The molecule has 4 rings (SSSR count). The van der Waals surface area contributed by atoms with Crippen molar-refractivity contribution in [1.82, 2.24) is 9.97 Å². The number of fused-ring (bicyclic) bond motifs is 1. The van der Waals surface area contributed by atoms with Gasteiger partial charge in [0.25, 0.3) is 0 Å². The predicted octanol–water partition coefficient (Wildman–Crippen LogP) is 4.11. The largest absolute Gasteiger partial charge is 0.416 e. The van der Waals surface area contributed by atoms with Crippen LogP contribution in [0.2, 0.25) is 0 Å². The molecule has 2 heterocycles. The van der Waals surface area contributed by atoms with Crippen LogP contribution >= 0.6 is 0 Å². The highest BCUT2D eigenvalue weighted by Crippen LogP contribution is 2.36. The van der Waals surface area contributed by atoms with Crippen LogP contribution < -0.4 is 10.2 Å². The van der Waals surface area contributed by atoms with Crippen LogP contribution in [0.15, 0.2) is 54.4 Å². The van der Waals surface area contributed by atoms with Gasteiger partial charge in [0, 0.05) is 25.7 Å². The van der Waals surface area contributed by atoms with E-state index >= 15 is 0 Å². The minimum absolute atomic E-state index is 0.303. The van der Waals surface area contributed by atoms with Crippen LogP contribution in [0.1, 0.15) is 29.5 Å². The molecule has 1 unspecified atom stereocenters. The molecular weight excluding hydrogens is 393 g/mol. The van der Waals surface area contributed by atoms with Crippen LogP contribution in [0, 0.1) is 0 Å². The molecule has 2 aromatic rings. The number of allylic oxidation sites excluding steroid dienone is 2. The van der Waals surface area contributed by atoms with E-state index in [1.54, 1.807) is 12.1 Å². The van der Waals surface area contributed by atoms with Gasteiger partial charge in [0.1, 0.15) is 18.0 Å². The number of nitrogens with one attached hydrogen (secondary N) is 1. The lowest BCUT2D eigenvalue weighted by molar-refractivity contribution is -0.138. The van der Waals surface area contributed by atoms with Crippen LogP contribution in [-0.4, -0.2) is 34.3 Å². The first-order valence-electron chi connectivity index (χ1n) is 9.95.